The van der Waals surface area contributed by atoms with Crippen molar-refractivity contribution >= 4 is 22.6 Å². The van der Waals surface area contributed by atoms with Gasteiger partial charge in [0.15, 0.2) is 17.5 Å². The topological polar surface area (TPSA) is 97.8 Å². The van der Waals surface area contributed by atoms with Crippen LogP contribution in [0, 0.1) is 23.4 Å². The molecule has 1 aliphatic carbocycles. The van der Waals surface area contributed by atoms with Gasteiger partial charge in [-0.05, 0) is 19.3 Å². The van der Waals surface area contributed by atoms with E-state index in [9.17, 15) is 14.7 Å². The molecule has 3 aliphatic rings. The summed E-state index contributed by atoms with van der Waals surface area (Å²) in [5.41, 5.74) is 2.20. The number of nitrogens with two attached hydrogens (primary N) is 1. The molecule has 0 bridgehead atoms. The molecule has 0 radical (unpaired) electrons. The van der Waals surface area contributed by atoms with Gasteiger partial charge in [-0.25, -0.2) is 18.0 Å². The van der Waals surface area contributed by atoms with Gasteiger partial charge in [0, 0.05) is 44.4 Å². The van der Waals surface area contributed by atoms with Gasteiger partial charge in [0.2, 0.25) is 5.43 Å². The van der Waals surface area contributed by atoms with Crippen molar-refractivity contribution < 1.29 is 27.8 Å². The standard InChI is InChI=1S/C20H20F3N3O4/c21-13-12-16(26(10-1-2-10)6-11(18(12)27)19(28)29)15(23)17(14(13)22)25-5-9-3-4-30-20(9,7-24)8-25/h6,9-10H,1-5,7-8,24H2,(H,28,29). The molecule has 0 spiro atoms. The summed E-state index contributed by atoms with van der Waals surface area (Å²) >= 11 is 0. The Hall–Kier alpha value is -2.59. The predicted octanol–water partition coefficient (Wildman–Crippen LogP) is 2.01. The Labute approximate surface area is 168 Å². The van der Waals surface area contributed by atoms with E-state index in [-0.39, 0.29) is 31.6 Å². The molecule has 7 nitrogen and oxygen atoms in total. The summed E-state index contributed by atoms with van der Waals surface area (Å²) in [6.45, 7) is 1.03. The molecular formula is C20H20F3N3O4. The Bertz CT molecular complexity index is 1150. The van der Waals surface area contributed by atoms with E-state index in [0.717, 1.165) is 6.20 Å². The first-order valence-corrected chi connectivity index (χ1v) is 9.86. The number of pyridine rings is 1. The number of halogens is 3. The van der Waals surface area contributed by atoms with E-state index in [1.54, 1.807) is 0 Å². The van der Waals surface area contributed by atoms with Crippen molar-refractivity contribution in [3.8, 4) is 0 Å². The van der Waals surface area contributed by atoms with Gasteiger partial charge in [-0.3, -0.25) is 4.79 Å². The number of aromatic nitrogens is 1. The van der Waals surface area contributed by atoms with E-state index in [4.69, 9.17) is 10.5 Å². The van der Waals surface area contributed by atoms with Crippen LogP contribution in [0.25, 0.3) is 10.9 Å². The maximum atomic E-state index is 15.7. The third kappa shape index (κ3) is 2.53. The number of ether oxygens (including phenoxy) is 1. The Balaban J connectivity index is 1.76. The fourth-order valence-electron chi connectivity index (χ4n) is 4.89. The summed E-state index contributed by atoms with van der Waals surface area (Å²) in [7, 11) is 0. The van der Waals surface area contributed by atoms with E-state index in [1.165, 1.54) is 9.47 Å². The van der Waals surface area contributed by atoms with E-state index in [0.29, 0.717) is 25.9 Å². The van der Waals surface area contributed by atoms with Gasteiger partial charge < -0.3 is 25.0 Å². The van der Waals surface area contributed by atoms with Crippen molar-refractivity contribution in [2.24, 2.45) is 11.7 Å². The number of aromatic carboxylic acids is 1. The first-order chi connectivity index (χ1) is 14.3. The first kappa shape index (κ1) is 19.4. The lowest BCUT2D eigenvalue weighted by atomic mass is 9.91. The van der Waals surface area contributed by atoms with Crippen LogP contribution in [0.3, 0.4) is 0 Å². The number of anilines is 1. The van der Waals surface area contributed by atoms with Gasteiger partial charge in [0.25, 0.3) is 0 Å². The van der Waals surface area contributed by atoms with E-state index in [1.807, 2.05) is 0 Å². The van der Waals surface area contributed by atoms with Gasteiger partial charge in [-0.15, -0.1) is 0 Å². The van der Waals surface area contributed by atoms with Crippen LogP contribution in [0.1, 0.15) is 35.7 Å². The fraction of sp³-hybridized carbons (Fsp3) is 0.500. The smallest absolute Gasteiger partial charge is 0.341 e. The molecule has 2 aromatic rings. The molecule has 3 heterocycles. The Kier molecular flexibility index (Phi) is 4.17. The van der Waals surface area contributed by atoms with E-state index < -0.39 is 56.6 Å². The molecule has 2 unspecified atom stereocenters. The third-order valence-corrected chi connectivity index (χ3v) is 6.60. The zero-order valence-electron chi connectivity index (χ0n) is 16.0. The number of nitrogens with zero attached hydrogens (tertiary/aromatic N) is 2. The highest BCUT2D eigenvalue weighted by Gasteiger charge is 2.51. The predicted molar refractivity (Wildman–Crippen MR) is 101 cm³/mol. The number of rotatable bonds is 4. The van der Waals surface area contributed by atoms with Crippen molar-refractivity contribution in [2.45, 2.75) is 30.9 Å². The second-order valence-corrected chi connectivity index (χ2v) is 8.31. The molecular weight excluding hydrogens is 403 g/mol. The third-order valence-electron chi connectivity index (χ3n) is 6.60. The molecule has 2 atom stereocenters. The second kappa shape index (κ2) is 6.45. The number of carboxylic acids is 1. The van der Waals surface area contributed by atoms with E-state index >= 15 is 13.2 Å². The number of hydrogen-bond donors (Lipinski definition) is 2. The van der Waals surface area contributed by atoms with E-state index in [2.05, 4.69) is 0 Å². The molecule has 3 fully saturated rings. The zero-order chi connectivity index (χ0) is 21.4. The summed E-state index contributed by atoms with van der Waals surface area (Å²) in [5, 5.41) is 8.43. The minimum Gasteiger partial charge on any atom is -0.477 e. The molecule has 2 saturated heterocycles. The maximum Gasteiger partial charge on any atom is 0.341 e. The van der Waals surface area contributed by atoms with Gasteiger partial charge in [-0.2, -0.15) is 0 Å². The molecule has 1 aromatic carbocycles. The lowest BCUT2D eigenvalue weighted by Crippen LogP contribution is -2.44. The van der Waals surface area contributed by atoms with Crippen LogP contribution in [0.2, 0.25) is 0 Å². The van der Waals surface area contributed by atoms with Crippen molar-refractivity contribution in [1.29, 1.82) is 0 Å². The average molecular weight is 423 g/mol. The Morgan fingerprint density at radius 2 is 1.97 bits per heavy atom. The number of fused-ring (bicyclic) bond motifs is 2. The maximum absolute atomic E-state index is 15.7. The molecule has 10 heteroatoms. The summed E-state index contributed by atoms with van der Waals surface area (Å²) < 4.78 is 52.9. The number of carboxylic acid groups (broad SMARTS) is 1. The minimum absolute atomic E-state index is 0.0416. The number of benzene rings is 1. The molecule has 3 N–H and O–H groups in total. The van der Waals surface area contributed by atoms with Crippen molar-refractivity contribution in [1.82, 2.24) is 4.57 Å². The summed E-state index contributed by atoms with van der Waals surface area (Å²) in [6, 6.07) is -0.268. The van der Waals surface area contributed by atoms with Crippen LogP contribution in [0.5, 0.6) is 0 Å². The zero-order valence-corrected chi connectivity index (χ0v) is 16.0. The molecule has 1 aromatic heterocycles. The summed E-state index contributed by atoms with van der Waals surface area (Å²) in [5.74, 6) is -5.73. The molecule has 0 amide bonds. The van der Waals surface area contributed by atoms with Gasteiger partial charge in [-0.1, -0.05) is 0 Å². The number of hydrogen-bond acceptors (Lipinski definition) is 5. The number of carbonyl (C=O) groups is 1. The largest absolute Gasteiger partial charge is 0.477 e. The van der Waals surface area contributed by atoms with Crippen molar-refractivity contribution in [2.75, 3.05) is 31.1 Å². The normalized spacial score (nSPS) is 25.9. The molecule has 160 valence electrons. The van der Waals surface area contributed by atoms with Crippen molar-refractivity contribution in [3.05, 3.63) is 39.4 Å². The highest BCUT2D eigenvalue weighted by Crippen LogP contribution is 2.44. The van der Waals surface area contributed by atoms with Gasteiger partial charge in [0.05, 0.1) is 10.9 Å². The van der Waals surface area contributed by atoms with Crippen LogP contribution >= 0.6 is 0 Å². The Morgan fingerprint density at radius 3 is 2.57 bits per heavy atom. The lowest BCUT2D eigenvalue weighted by molar-refractivity contribution is 0.0126. The molecule has 2 aliphatic heterocycles. The minimum atomic E-state index is -1.57. The molecule has 1 saturated carbocycles. The SMILES string of the molecule is NCC12CN(c3c(F)c(F)c4c(=O)c(C(=O)O)cn(C5CC5)c4c3F)CC1CCO2. The average Bonchev–Trinajstić information content (AvgIpc) is 3.38. The summed E-state index contributed by atoms with van der Waals surface area (Å²) in [6.07, 6.45) is 2.96. The van der Waals surface area contributed by atoms with Gasteiger partial charge in [0.1, 0.15) is 16.9 Å². The molecule has 30 heavy (non-hydrogen) atoms. The van der Waals surface area contributed by atoms with Crippen LogP contribution in [0.15, 0.2) is 11.0 Å². The highest BCUT2D eigenvalue weighted by atomic mass is 19.2. The summed E-state index contributed by atoms with van der Waals surface area (Å²) in [4.78, 5) is 25.4. The quantitative estimate of drug-likeness (QED) is 0.731. The lowest BCUT2D eigenvalue weighted by Gasteiger charge is -2.27. The second-order valence-electron chi connectivity index (χ2n) is 8.31. The fourth-order valence-corrected chi connectivity index (χ4v) is 4.89. The molecule has 5 rings (SSSR count). The van der Waals surface area contributed by atoms with Crippen LogP contribution in [-0.4, -0.2) is 47.5 Å². The van der Waals surface area contributed by atoms with Crippen LogP contribution in [0.4, 0.5) is 18.9 Å². The van der Waals surface area contributed by atoms with Crippen LogP contribution in [-0.2, 0) is 4.74 Å². The van der Waals surface area contributed by atoms with Gasteiger partial charge >= 0.3 is 5.97 Å². The Morgan fingerprint density at radius 1 is 1.23 bits per heavy atom. The first-order valence-electron chi connectivity index (χ1n) is 9.86. The highest BCUT2D eigenvalue weighted by molar-refractivity contribution is 5.94. The van der Waals surface area contributed by atoms with Crippen LogP contribution < -0.4 is 16.1 Å². The van der Waals surface area contributed by atoms with Crippen molar-refractivity contribution in [3.63, 3.8) is 0 Å². The monoisotopic (exact) mass is 423 g/mol.